The summed E-state index contributed by atoms with van der Waals surface area (Å²) in [6.45, 7) is 5.52. The summed E-state index contributed by atoms with van der Waals surface area (Å²) in [6, 6.07) is 0.0694. The topological polar surface area (TPSA) is 73.6 Å². The van der Waals surface area contributed by atoms with Gasteiger partial charge in [-0.3, -0.25) is 0 Å². The first-order chi connectivity index (χ1) is 7.81. The van der Waals surface area contributed by atoms with Crippen molar-refractivity contribution in [3.8, 4) is 0 Å². The second-order valence-electron chi connectivity index (χ2n) is 5.60. The number of carbonyl (C=O) groups excluding carboxylic acids is 1. The number of amides is 1. The number of ether oxygens (including phenoxy) is 2. The van der Waals surface area contributed by atoms with Crippen LogP contribution in [0.3, 0.4) is 0 Å². The van der Waals surface area contributed by atoms with Gasteiger partial charge >= 0.3 is 6.09 Å². The second kappa shape index (κ2) is 5.69. The van der Waals surface area contributed by atoms with Crippen LogP contribution in [0.15, 0.2) is 0 Å². The highest BCUT2D eigenvalue weighted by molar-refractivity contribution is 5.68. The van der Waals surface area contributed by atoms with Gasteiger partial charge in [0.25, 0.3) is 0 Å². The standard InChI is InChI=1S/C12H24N2O3/c1-12(2,3)17-11(15)14-9-7-8(13)5-6-10(9)16-4/h8-10H,5-7,13H2,1-4H3,(H,14,15). The molecule has 0 aromatic heterocycles. The smallest absolute Gasteiger partial charge is 0.407 e. The van der Waals surface area contributed by atoms with Crippen molar-refractivity contribution in [1.82, 2.24) is 5.32 Å². The van der Waals surface area contributed by atoms with Gasteiger partial charge in [-0.25, -0.2) is 4.79 Å². The van der Waals surface area contributed by atoms with Crippen LogP contribution >= 0.6 is 0 Å². The largest absolute Gasteiger partial charge is 0.444 e. The molecule has 0 aliphatic heterocycles. The number of nitrogens with two attached hydrogens (primary N) is 1. The zero-order valence-corrected chi connectivity index (χ0v) is 11.2. The number of rotatable bonds is 2. The van der Waals surface area contributed by atoms with Gasteiger partial charge in [-0.2, -0.15) is 0 Å². The lowest BCUT2D eigenvalue weighted by Gasteiger charge is -2.34. The number of nitrogens with one attached hydrogen (secondary N) is 1. The van der Waals surface area contributed by atoms with Crippen LogP contribution in [0.25, 0.3) is 0 Å². The van der Waals surface area contributed by atoms with Crippen LogP contribution < -0.4 is 11.1 Å². The third-order valence-corrected chi connectivity index (χ3v) is 2.83. The normalized spacial score (nSPS) is 29.8. The van der Waals surface area contributed by atoms with Crippen LogP contribution in [-0.4, -0.2) is 37.0 Å². The highest BCUT2D eigenvalue weighted by Gasteiger charge is 2.31. The SMILES string of the molecule is COC1CCC(N)CC1NC(=O)OC(C)(C)C. The summed E-state index contributed by atoms with van der Waals surface area (Å²) in [6.07, 6.45) is 2.17. The molecule has 3 atom stereocenters. The molecule has 100 valence electrons. The fraction of sp³-hybridized carbons (Fsp3) is 0.917. The van der Waals surface area contributed by atoms with Gasteiger partial charge in [0, 0.05) is 13.2 Å². The van der Waals surface area contributed by atoms with E-state index in [-0.39, 0.29) is 18.2 Å². The lowest BCUT2D eigenvalue weighted by Crippen LogP contribution is -2.51. The summed E-state index contributed by atoms with van der Waals surface area (Å²) >= 11 is 0. The van der Waals surface area contributed by atoms with Crippen LogP contribution in [0.1, 0.15) is 40.0 Å². The lowest BCUT2D eigenvalue weighted by molar-refractivity contribution is 0.0186. The van der Waals surface area contributed by atoms with E-state index >= 15 is 0 Å². The van der Waals surface area contributed by atoms with Gasteiger partial charge in [-0.1, -0.05) is 0 Å². The molecule has 0 bridgehead atoms. The molecule has 1 rings (SSSR count). The van der Waals surface area contributed by atoms with E-state index in [0.717, 1.165) is 19.3 Å². The predicted octanol–water partition coefficient (Wildman–Crippen LogP) is 1.41. The molecule has 1 amide bonds. The van der Waals surface area contributed by atoms with Crippen molar-refractivity contribution in [2.75, 3.05) is 7.11 Å². The minimum atomic E-state index is -0.483. The average Bonchev–Trinajstić information content (AvgIpc) is 2.14. The van der Waals surface area contributed by atoms with Crippen LogP contribution in [0.5, 0.6) is 0 Å². The fourth-order valence-electron chi connectivity index (χ4n) is 2.07. The molecule has 5 nitrogen and oxygen atoms in total. The summed E-state index contributed by atoms with van der Waals surface area (Å²) in [7, 11) is 1.66. The Morgan fingerprint density at radius 1 is 1.35 bits per heavy atom. The van der Waals surface area contributed by atoms with Crippen molar-refractivity contribution in [2.45, 2.75) is 63.8 Å². The van der Waals surface area contributed by atoms with Gasteiger partial charge in [0.1, 0.15) is 5.60 Å². The fourth-order valence-corrected chi connectivity index (χ4v) is 2.07. The average molecular weight is 244 g/mol. The Hall–Kier alpha value is -0.810. The predicted molar refractivity (Wildman–Crippen MR) is 65.8 cm³/mol. The Morgan fingerprint density at radius 2 is 2.00 bits per heavy atom. The Kier molecular flexibility index (Phi) is 4.77. The van der Waals surface area contributed by atoms with Gasteiger partial charge in [0.2, 0.25) is 0 Å². The Labute approximate surface area is 103 Å². The maximum absolute atomic E-state index is 11.7. The van der Waals surface area contributed by atoms with E-state index in [1.54, 1.807) is 7.11 Å². The Balaban J connectivity index is 2.49. The number of methoxy groups -OCH3 is 1. The highest BCUT2D eigenvalue weighted by Crippen LogP contribution is 2.20. The van der Waals surface area contributed by atoms with Crippen molar-refractivity contribution in [3.63, 3.8) is 0 Å². The molecule has 0 aromatic rings. The molecule has 3 N–H and O–H groups in total. The zero-order valence-electron chi connectivity index (χ0n) is 11.2. The van der Waals surface area contributed by atoms with E-state index in [1.807, 2.05) is 20.8 Å². The second-order valence-corrected chi connectivity index (χ2v) is 5.60. The Bertz CT molecular complexity index is 263. The van der Waals surface area contributed by atoms with Crippen molar-refractivity contribution >= 4 is 6.09 Å². The molecular weight excluding hydrogens is 220 g/mol. The van der Waals surface area contributed by atoms with E-state index in [4.69, 9.17) is 15.2 Å². The molecule has 1 aliphatic rings. The third-order valence-electron chi connectivity index (χ3n) is 2.83. The molecular formula is C12H24N2O3. The van der Waals surface area contributed by atoms with Crippen molar-refractivity contribution in [3.05, 3.63) is 0 Å². The first-order valence-electron chi connectivity index (χ1n) is 6.09. The van der Waals surface area contributed by atoms with E-state index in [9.17, 15) is 4.79 Å². The third kappa shape index (κ3) is 4.91. The first-order valence-corrected chi connectivity index (χ1v) is 6.09. The zero-order chi connectivity index (χ0) is 13.1. The van der Waals surface area contributed by atoms with E-state index in [1.165, 1.54) is 0 Å². The minimum Gasteiger partial charge on any atom is -0.444 e. The van der Waals surface area contributed by atoms with E-state index in [0.29, 0.717) is 0 Å². The van der Waals surface area contributed by atoms with Gasteiger partial charge in [-0.05, 0) is 40.0 Å². The quantitative estimate of drug-likeness (QED) is 0.770. The summed E-state index contributed by atoms with van der Waals surface area (Å²) < 4.78 is 10.6. The van der Waals surface area contributed by atoms with Gasteiger partial charge in [-0.15, -0.1) is 0 Å². The van der Waals surface area contributed by atoms with Crippen LogP contribution in [0, 0.1) is 0 Å². The maximum Gasteiger partial charge on any atom is 0.407 e. The van der Waals surface area contributed by atoms with E-state index in [2.05, 4.69) is 5.32 Å². The van der Waals surface area contributed by atoms with Gasteiger partial charge < -0.3 is 20.5 Å². The molecule has 1 fully saturated rings. The number of alkyl carbamates (subject to hydrolysis) is 1. The molecule has 5 heteroatoms. The maximum atomic E-state index is 11.7. The highest BCUT2D eigenvalue weighted by atomic mass is 16.6. The molecule has 0 heterocycles. The summed E-state index contributed by atoms with van der Waals surface area (Å²) in [5, 5.41) is 2.84. The molecule has 0 spiro atoms. The molecule has 0 saturated heterocycles. The molecule has 3 unspecified atom stereocenters. The number of hydrogen-bond acceptors (Lipinski definition) is 4. The molecule has 1 saturated carbocycles. The van der Waals surface area contributed by atoms with Crippen LogP contribution in [0.4, 0.5) is 4.79 Å². The molecule has 1 aliphatic carbocycles. The lowest BCUT2D eigenvalue weighted by atomic mass is 9.89. The molecule has 0 radical (unpaired) electrons. The number of carbonyl (C=O) groups is 1. The van der Waals surface area contributed by atoms with Crippen molar-refractivity contribution in [2.24, 2.45) is 5.73 Å². The van der Waals surface area contributed by atoms with Crippen LogP contribution in [0.2, 0.25) is 0 Å². The summed E-state index contributed by atoms with van der Waals surface area (Å²) in [4.78, 5) is 11.7. The van der Waals surface area contributed by atoms with Crippen LogP contribution in [-0.2, 0) is 9.47 Å². The summed E-state index contributed by atoms with van der Waals surface area (Å²) in [5.41, 5.74) is 5.41. The minimum absolute atomic E-state index is 0.0299. The van der Waals surface area contributed by atoms with Gasteiger partial charge in [0.05, 0.1) is 12.1 Å². The molecule has 17 heavy (non-hydrogen) atoms. The van der Waals surface area contributed by atoms with E-state index < -0.39 is 11.7 Å². The number of hydrogen-bond donors (Lipinski definition) is 2. The van der Waals surface area contributed by atoms with Gasteiger partial charge in [0.15, 0.2) is 0 Å². The van der Waals surface area contributed by atoms with Crippen molar-refractivity contribution < 1.29 is 14.3 Å². The summed E-state index contributed by atoms with van der Waals surface area (Å²) in [5.74, 6) is 0. The molecule has 0 aromatic carbocycles. The monoisotopic (exact) mass is 244 g/mol. The Morgan fingerprint density at radius 3 is 2.53 bits per heavy atom. The van der Waals surface area contributed by atoms with Crippen molar-refractivity contribution in [1.29, 1.82) is 0 Å². The first kappa shape index (κ1) is 14.3.